The predicted octanol–water partition coefficient (Wildman–Crippen LogP) is 3.24. The average molecular weight is 237 g/mol. The summed E-state index contributed by atoms with van der Waals surface area (Å²) < 4.78 is 0. The van der Waals surface area contributed by atoms with E-state index in [0.717, 1.165) is 39.5 Å². The van der Waals surface area contributed by atoms with E-state index in [1.54, 1.807) is 0 Å². The van der Waals surface area contributed by atoms with Gasteiger partial charge in [0.1, 0.15) is 5.82 Å². The summed E-state index contributed by atoms with van der Waals surface area (Å²) in [6, 6.07) is 10.4. The smallest absolute Gasteiger partial charge is 0.127 e. The van der Waals surface area contributed by atoms with E-state index in [9.17, 15) is 0 Å². The molecule has 0 aliphatic rings. The number of hydrogen-bond acceptors (Lipinski definition) is 3. The molecule has 0 amide bonds. The van der Waals surface area contributed by atoms with Gasteiger partial charge in [-0.3, -0.25) is 4.98 Å². The van der Waals surface area contributed by atoms with Crippen molar-refractivity contribution in [1.82, 2.24) is 9.97 Å². The number of fused-ring (bicyclic) bond motifs is 3. The highest BCUT2D eigenvalue weighted by Gasteiger charge is 2.07. The van der Waals surface area contributed by atoms with Crippen LogP contribution in [0.5, 0.6) is 0 Å². The number of nitrogens with zero attached hydrogens (tertiary/aromatic N) is 2. The summed E-state index contributed by atoms with van der Waals surface area (Å²) in [7, 11) is 0. The number of nitrogen functional groups attached to an aromatic ring is 1. The first kappa shape index (κ1) is 11.0. The zero-order valence-corrected chi connectivity index (χ0v) is 10.6. The van der Waals surface area contributed by atoms with Gasteiger partial charge in [-0.1, -0.05) is 25.1 Å². The molecular formula is C15H15N3. The second-order valence-corrected chi connectivity index (χ2v) is 4.55. The molecule has 0 atom stereocenters. The summed E-state index contributed by atoms with van der Waals surface area (Å²) in [5, 5.41) is 2.20. The maximum absolute atomic E-state index is 5.99. The number of aromatic nitrogens is 2. The molecule has 0 aliphatic carbocycles. The standard InChI is InChI=1S/C15H15N3/c1-3-10-8-12-7-6-11-5-4-9(2)17-13(11)14(12)18-15(10)16/h4-8H,3H2,1-2H3,(H2,16,18). The molecule has 0 aliphatic heterocycles. The Morgan fingerprint density at radius 2 is 1.67 bits per heavy atom. The first-order chi connectivity index (χ1) is 8.69. The zero-order chi connectivity index (χ0) is 12.7. The minimum Gasteiger partial charge on any atom is -0.383 e. The van der Waals surface area contributed by atoms with Crippen LogP contribution >= 0.6 is 0 Å². The molecule has 0 unspecified atom stereocenters. The molecule has 1 aromatic carbocycles. The molecule has 18 heavy (non-hydrogen) atoms. The SMILES string of the molecule is CCc1cc2ccc3ccc(C)nc3c2nc1N. The third kappa shape index (κ3) is 1.59. The van der Waals surface area contributed by atoms with Crippen molar-refractivity contribution >= 4 is 27.6 Å². The molecule has 0 saturated heterocycles. The van der Waals surface area contributed by atoms with E-state index in [1.807, 2.05) is 13.0 Å². The van der Waals surface area contributed by atoms with Gasteiger partial charge in [0, 0.05) is 16.5 Å². The van der Waals surface area contributed by atoms with Crippen LogP contribution in [-0.2, 0) is 6.42 Å². The largest absolute Gasteiger partial charge is 0.383 e. The van der Waals surface area contributed by atoms with Crippen LogP contribution in [0.3, 0.4) is 0 Å². The highest BCUT2D eigenvalue weighted by molar-refractivity contribution is 6.03. The third-order valence-electron chi connectivity index (χ3n) is 3.28. The lowest BCUT2D eigenvalue weighted by Crippen LogP contribution is -1.98. The van der Waals surface area contributed by atoms with Gasteiger partial charge < -0.3 is 5.73 Å². The van der Waals surface area contributed by atoms with Gasteiger partial charge in [-0.15, -0.1) is 0 Å². The van der Waals surface area contributed by atoms with E-state index in [0.29, 0.717) is 5.82 Å². The molecule has 0 fully saturated rings. The van der Waals surface area contributed by atoms with Gasteiger partial charge in [-0.2, -0.15) is 0 Å². The fraction of sp³-hybridized carbons (Fsp3) is 0.200. The molecule has 3 nitrogen and oxygen atoms in total. The molecule has 0 bridgehead atoms. The Kier molecular flexibility index (Phi) is 2.40. The van der Waals surface area contributed by atoms with E-state index in [2.05, 4.69) is 41.2 Å². The Bertz CT molecular complexity index is 747. The molecule has 2 heterocycles. The molecular weight excluding hydrogens is 222 g/mol. The summed E-state index contributed by atoms with van der Waals surface area (Å²) in [5.41, 5.74) is 9.90. The third-order valence-corrected chi connectivity index (χ3v) is 3.28. The second-order valence-electron chi connectivity index (χ2n) is 4.55. The highest BCUT2D eigenvalue weighted by Crippen LogP contribution is 2.25. The Balaban J connectivity index is 2.46. The van der Waals surface area contributed by atoms with Gasteiger partial charge in [0.25, 0.3) is 0 Å². The molecule has 3 rings (SSSR count). The van der Waals surface area contributed by atoms with Crippen molar-refractivity contribution in [2.75, 3.05) is 5.73 Å². The number of rotatable bonds is 1. The summed E-state index contributed by atoms with van der Waals surface area (Å²) in [6.07, 6.45) is 0.897. The summed E-state index contributed by atoms with van der Waals surface area (Å²) in [6.45, 7) is 4.07. The minimum absolute atomic E-state index is 0.612. The van der Waals surface area contributed by atoms with E-state index in [-0.39, 0.29) is 0 Å². The fourth-order valence-electron chi connectivity index (χ4n) is 2.26. The summed E-state index contributed by atoms with van der Waals surface area (Å²) in [5.74, 6) is 0.612. The molecule has 2 aromatic heterocycles. The Morgan fingerprint density at radius 3 is 2.44 bits per heavy atom. The Morgan fingerprint density at radius 1 is 1.00 bits per heavy atom. The first-order valence-electron chi connectivity index (χ1n) is 6.14. The van der Waals surface area contributed by atoms with Crippen LogP contribution < -0.4 is 5.73 Å². The van der Waals surface area contributed by atoms with E-state index >= 15 is 0 Å². The number of hydrogen-bond donors (Lipinski definition) is 1. The quantitative estimate of drug-likeness (QED) is 0.661. The van der Waals surface area contributed by atoms with Crippen LogP contribution in [0.1, 0.15) is 18.2 Å². The molecule has 0 radical (unpaired) electrons. The van der Waals surface area contributed by atoms with Crippen LogP contribution in [0, 0.1) is 6.92 Å². The number of aryl methyl sites for hydroxylation is 2. The van der Waals surface area contributed by atoms with Crippen LogP contribution in [0.25, 0.3) is 21.8 Å². The lowest BCUT2D eigenvalue weighted by Gasteiger charge is -2.07. The van der Waals surface area contributed by atoms with Crippen LogP contribution in [0.15, 0.2) is 30.3 Å². The van der Waals surface area contributed by atoms with Gasteiger partial charge >= 0.3 is 0 Å². The molecule has 3 aromatic rings. The van der Waals surface area contributed by atoms with Crippen LogP contribution in [0.4, 0.5) is 5.82 Å². The van der Waals surface area contributed by atoms with Crippen LogP contribution in [0.2, 0.25) is 0 Å². The lowest BCUT2D eigenvalue weighted by molar-refractivity contribution is 1.13. The Hall–Kier alpha value is -2.16. The van der Waals surface area contributed by atoms with Gasteiger partial charge in [0.05, 0.1) is 11.0 Å². The molecule has 3 heteroatoms. The van der Waals surface area contributed by atoms with Crippen molar-refractivity contribution in [2.45, 2.75) is 20.3 Å². The minimum atomic E-state index is 0.612. The second kappa shape index (κ2) is 3.95. The fourth-order valence-corrected chi connectivity index (χ4v) is 2.26. The van der Waals surface area contributed by atoms with Gasteiger partial charge in [0.2, 0.25) is 0 Å². The molecule has 2 N–H and O–H groups in total. The van der Waals surface area contributed by atoms with E-state index in [4.69, 9.17) is 5.73 Å². The van der Waals surface area contributed by atoms with Crippen molar-refractivity contribution in [3.63, 3.8) is 0 Å². The predicted molar refractivity (Wildman–Crippen MR) is 75.6 cm³/mol. The van der Waals surface area contributed by atoms with E-state index < -0.39 is 0 Å². The van der Waals surface area contributed by atoms with Gasteiger partial charge in [-0.05, 0) is 31.0 Å². The molecule has 0 spiro atoms. The van der Waals surface area contributed by atoms with Crippen molar-refractivity contribution in [3.05, 3.63) is 41.6 Å². The maximum atomic E-state index is 5.99. The van der Waals surface area contributed by atoms with E-state index in [1.165, 1.54) is 0 Å². The Labute approximate surface area is 106 Å². The lowest BCUT2D eigenvalue weighted by atomic mass is 10.1. The number of nitrogens with two attached hydrogens (primary N) is 1. The van der Waals surface area contributed by atoms with Crippen molar-refractivity contribution in [1.29, 1.82) is 0 Å². The molecule has 90 valence electrons. The normalized spacial score (nSPS) is 11.2. The average Bonchev–Trinajstić information content (AvgIpc) is 2.38. The highest BCUT2D eigenvalue weighted by atomic mass is 14.9. The molecule has 0 saturated carbocycles. The zero-order valence-electron chi connectivity index (χ0n) is 10.6. The van der Waals surface area contributed by atoms with Gasteiger partial charge in [-0.25, -0.2) is 4.98 Å². The van der Waals surface area contributed by atoms with Crippen molar-refractivity contribution < 1.29 is 0 Å². The number of anilines is 1. The number of pyridine rings is 2. The summed E-state index contributed by atoms with van der Waals surface area (Å²) in [4.78, 5) is 9.11. The van der Waals surface area contributed by atoms with Gasteiger partial charge in [0.15, 0.2) is 0 Å². The first-order valence-corrected chi connectivity index (χ1v) is 6.14. The van der Waals surface area contributed by atoms with Crippen molar-refractivity contribution in [3.8, 4) is 0 Å². The van der Waals surface area contributed by atoms with Crippen molar-refractivity contribution in [2.24, 2.45) is 0 Å². The number of benzene rings is 1. The topological polar surface area (TPSA) is 51.8 Å². The van der Waals surface area contributed by atoms with Crippen LogP contribution in [-0.4, -0.2) is 9.97 Å². The monoisotopic (exact) mass is 237 g/mol. The summed E-state index contributed by atoms with van der Waals surface area (Å²) >= 11 is 0. The maximum Gasteiger partial charge on any atom is 0.127 e.